The van der Waals surface area contributed by atoms with E-state index in [2.05, 4.69) is 0 Å². The summed E-state index contributed by atoms with van der Waals surface area (Å²) < 4.78 is 10.8. The fourth-order valence-electron chi connectivity index (χ4n) is 2.83. The van der Waals surface area contributed by atoms with Gasteiger partial charge in [-0.05, 0) is 37.8 Å². The van der Waals surface area contributed by atoms with Crippen LogP contribution in [-0.4, -0.2) is 44.2 Å². The topological polar surface area (TPSA) is 64.8 Å². The zero-order valence-electron chi connectivity index (χ0n) is 12.8. The van der Waals surface area contributed by atoms with E-state index in [9.17, 15) is 4.79 Å². The van der Waals surface area contributed by atoms with Gasteiger partial charge in [0.05, 0.1) is 13.2 Å². The lowest BCUT2D eigenvalue weighted by Gasteiger charge is -2.33. The van der Waals surface area contributed by atoms with E-state index in [0.29, 0.717) is 42.7 Å². The summed E-state index contributed by atoms with van der Waals surface area (Å²) >= 11 is 0. The number of carbonyl (C=O) groups is 1. The predicted octanol–water partition coefficient (Wildman–Crippen LogP) is 2.17. The lowest BCUT2D eigenvalue weighted by Crippen LogP contribution is -2.41. The van der Waals surface area contributed by atoms with Gasteiger partial charge in [-0.25, -0.2) is 0 Å². The molecule has 0 aliphatic carbocycles. The van der Waals surface area contributed by atoms with Crippen molar-refractivity contribution in [1.82, 2.24) is 4.90 Å². The van der Waals surface area contributed by atoms with Gasteiger partial charge < -0.3 is 20.1 Å². The number of rotatable bonds is 5. The quantitative estimate of drug-likeness (QED) is 0.845. The van der Waals surface area contributed by atoms with Crippen LogP contribution in [0.3, 0.4) is 0 Å². The molecule has 1 amide bonds. The van der Waals surface area contributed by atoms with Crippen molar-refractivity contribution in [1.29, 1.82) is 0 Å². The molecule has 2 rings (SSSR count). The maximum Gasteiger partial charge on any atom is 0.259 e. The predicted molar refractivity (Wildman–Crippen MR) is 82.5 cm³/mol. The molecule has 1 aliphatic rings. The van der Waals surface area contributed by atoms with Crippen LogP contribution >= 0.6 is 0 Å². The van der Waals surface area contributed by atoms with Crippen LogP contribution in [0.2, 0.25) is 0 Å². The third kappa shape index (κ3) is 3.67. The lowest BCUT2D eigenvalue weighted by molar-refractivity contribution is 0.0568. The zero-order valence-corrected chi connectivity index (χ0v) is 12.8. The van der Waals surface area contributed by atoms with Crippen LogP contribution in [0.15, 0.2) is 18.2 Å². The molecule has 2 N–H and O–H groups in total. The Morgan fingerprint density at radius 2 is 2.29 bits per heavy atom. The fourth-order valence-corrected chi connectivity index (χ4v) is 2.83. The van der Waals surface area contributed by atoms with Crippen molar-refractivity contribution in [2.75, 3.05) is 39.1 Å². The molecule has 1 saturated heterocycles. The maximum absolute atomic E-state index is 12.8. The fraction of sp³-hybridized carbons (Fsp3) is 0.562. The Labute approximate surface area is 126 Å². The molecular formula is C16H24N2O3. The number of hydrogen-bond acceptors (Lipinski definition) is 4. The maximum atomic E-state index is 12.8. The third-order valence-electron chi connectivity index (χ3n) is 3.78. The van der Waals surface area contributed by atoms with E-state index < -0.39 is 0 Å². The van der Waals surface area contributed by atoms with Gasteiger partial charge >= 0.3 is 0 Å². The Bertz CT molecular complexity index is 488. The minimum absolute atomic E-state index is 0.0441. The number of benzene rings is 1. The van der Waals surface area contributed by atoms with Crippen molar-refractivity contribution in [2.24, 2.45) is 5.92 Å². The molecule has 0 radical (unpaired) electrons. The van der Waals surface area contributed by atoms with Crippen molar-refractivity contribution in [3.05, 3.63) is 23.8 Å². The molecule has 1 atom stereocenters. The van der Waals surface area contributed by atoms with Crippen LogP contribution < -0.4 is 10.5 Å². The molecule has 1 heterocycles. The number of nitrogens with two attached hydrogens (primary N) is 1. The third-order valence-corrected chi connectivity index (χ3v) is 3.78. The average Bonchev–Trinajstić information content (AvgIpc) is 2.48. The minimum atomic E-state index is -0.0441. The summed E-state index contributed by atoms with van der Waals surface area (Å²) in [6, 6.07) is 5.34. The normalized spacial score (nSPS) is 18.6. The van der Waals surface area contributed by atoms with Gasteiger partial charge in [-0.2, -0.15) is 0 Å². The Balaban J connectivity index is 2.19. The number of carbonyl (C=O) groups excluding carboxylic acids is 1. The molecule has 1 fully saturated rings. The van der Waals surface area contributed by atoms with Gasteiger partial charge in [0, 0.05) is 25.9 Å². The number of ether oxygens (including phenoxy) is 2. The van der Waals surface area contributed by atoms with E-state index in [-0.39, 0.29) is 5.91 Å². The summed E-state index contributed by atoms with van der Waals surface area (Å²) in [5.74, 6) is 0.918. The Hall–Kier alpha value is -1.75. The molecule has 5 heteroatoms. The van der Waals surface area contributed by atoms with E-state index in [1.54, 1.807) is 25.3 Å². The number of amides is 1. The minimum Gasteiger partial charge on any atom is -0.493 e. The molecule has 0 saturated carbocycles. The monoisotopic (exact) mass is 292 g/mol. The van der Waals surface area contributed by atoms with E-state index in [1.807, 2.05) is 11.8 Å². The van der Waals surface area contributed by atoms with Gasteiger partial charge in [0.1, 0.15) is 11.3 Å². The number of hydrogen-bond donors (Lipinski definition) is 1. The highest BCUT2D eigenvalue weighted by molar-refractivity contribution is 6.01. The first-order valence-electron chi connectivity index (χ1n) is 7.46. The molecule has 5 nitrogen and oxygen atoms in total. The number of likely N-dealkylation sites (tertiary alicyclic amines) is 1. The van der Waals surface area contributed by atoms with Crippen molar-refractivity contribution >= 4 is 11.6 Å². The number of methoxy groups -OCH3 is 1. The summed E-state index contributed by atoms with van der Waals surface area (Å²) in [7, 11) is 1.70. The lowest BCUT2D eigenvalue weighted by atomic mass is 9.98. The summed E-state index contributed by atoms with van der Waals surface area (Å²) in [5.41, 5.74) is 6.96. The number of nitrogen functional groups attached to an aromatic ring is 1. The van der Waals surface area contributed by atoms with Crippen LogP contribution in [0.1, 0.15) is 30.1 Å². The molecule has 21 heavy (non-hydrogen) atoms. The van der Waals surface area contributed by atoms with Crippen molar-refractivity contribution in [3.63, 3.8) is 0 Å². The molecule has 1 aromatic carbocycles. The Kier molecular flexibility index (Phi) is 5.44. The highest BCUT2D eigenvalue weighted by Crippen LogP contribution is 2.28. The van der Waals surface area contributed by atoms with Crippen LogP contribution in [0.25, 0.3) is 0 Å². The molecule has 1 aliphatic heterocycles. The second-order valence-electron chi connectivity index (χ2n) is 5.37. The highest BCUT2D eigenvalue weighted by atomic mass is 16.5. The summed E-state index contributed by atoms with van der Waals surface area (Å²) in [6.07, 6.45) is 2.09. The van der Waals surface area contributed by atoms with Gasteiger partial charge in [-0.3, -0.25) is 4.79 Å². The molecule has 0 bridgehead atoms. The van der Waals surface area contributed by atoms with Crippen molar-refractivity contribution in [2.45, 2.75) is 19.8 Å². The van der Waals surface area contributed by atoms with Crippen molar-refractivity contribution < 1.29 is 14.3 Å². The summed E-state index contributed by atoms with van der Waals surface area (Å²) in [5, 5.41) is 0. The van der Waals surface area contributed by atoms with E-state index >= 15 is 0 Å². The van der Waals surface area contributed by atoms with Crippen LogP contribution in [0.5, 0.6) is 5.75 Å². The average molecular weight is 292 g/mol. The molecular weight excluding hydrogens is 268 g/mol. The van der Waals surface area contributed by atoms with E-state index in [0.717, 1.165) is 19.4 Å². The van der Waals surface area contributed by atoms with Crippen LogP contribution in [0.4, 0.5) is 5.69 Å². The molecule has 116 valence electrons. The zero-order chi connectivity index (χ0) is 15.2. The van der Waals surface area contributed by atoms with Crippen LogP contribution in [0, 0.1) is 5.92 Å². The van der Waals surface area contributed by atoms with Gasteiger partial charge in [-0.15, -0.1) is 0 Å². The number of piperidine rings is 1. The Morgan fingerprint density at radius 1 is 1.48 bits per heavy atom. The largest absolute Gasteiger partial charge is 0.493 e. The van der Waals surface area contributed by atoms with Gasteiger partial charge in [0.2, 0.25) is 0 Å². The van der Waals surface area contributed by atoms with Gasteiger partial charge in [0.25, 0.3) is 5.91 Å². The van der Waals surface area contributed by atoms with Crippen molar-refractivity contribution in [3.8, 4) is 5.75 Å². The first-order chi connectivity index (χ1) is 10.2. The molecule has 0 aromatic heterocycles. The molecule has 1 unspecified atom stereocenters. The van der Waals surface area contributed by atoms with Gasteiger partial charge in [0.15, 0.2) is 0 Å². The smallest absolute Gasteiger partial charge is 0.259 e. The number of anilines is 1. The summed E-state index contributed by atoms with van der Waals surface area (Å²) in [6.45, 7) is 4.57. The Morgan fingerprint density at radius 3 is 3.00 bits per heavy atom. The first-order valence-corrected chi connectivity index (χ1v) is 7.46. The first kappa shape index (κ1) is 15.6. The van der Waals surface area contributed by atoms with E-state index in [4.69, 9.17) is 15.2 Å². The van der Waals surface area contributed by atoms with Gasteiger partial charge in [-0.1, -0.05) is 6.07 Å². The second kappa shape index (κ2) is 7.31. The summed E-state index contributed by atoms with van der Waals surface area (Å²) in [4.78, 5) is 14.7. The van der Waals surface area contributed by atoms with Crippen LogP contribution in [-0.2, 0) is 4.74 Å². The SMILES string of the molecule is CCOc1cccc(N)c1C(=O)N1CCCC(COC)C1. The second-order valence-corrected chi connectivity index (χ2v) is 5.37. The highest BCUT2D eigenvalue weighted by Gasteiger charge is 2.27. The number of nitrogens with zero attached hydrogens (tertiary/aromatic N) is 1. The molecule has 1 aromatic rings. The standard InChI is InChI=1S/C16H24N2O3/c1-3-21-14-8-4-7-13(17)15(14)16(19)18-9-5-6-12(10-18)11-20-2/h4,7-8,12H,3,5-6,9-11,17H2,1-2H3. The van der Waals surface area contributed by atoms with E-state index in [1.165, 1.54) is 0 Å². The molecule has 0 spiro atoms.